The summed E-state index contributed by atoms with van der Waals surface area (Å²) in [5.41, 5.74) is 7.40. The van der Waals surface area contributed by atoms with Crippen molar-refractivity contribution in [3.63, 3.8) is 0 Å². The van der Waals surface area contributed by atoms with Gasteiger partial charge < -0.3 is 5.73 Å². The van der Waals surface area contributed by atoms with E-state index < -0.39 is 0 Å². The Bertz CT molecular complexity index is 566. The van der Waals surface area contributed by atoms with Crippen LogP contribution >= 0.6 is 43.6 Å². The third-order valence-electron chi connectivity index (χ3n) is 2.87. The first kappa shape index (κ1) is 16.1. The zero-order chi connectivity index (χ0) is 14.7. The van der Waals surface area contributed by atoms with Crippen molar-refractivity contribution >= 4 is 43.6 Å². The topological polar surface area (TPSA) is 43.8 Å². The first-order valence-electron chi connectivity index (χ1n) is 6.36. The molecule has 1 aromatic heterocycles. The van der Waals surface area contributed by atoms with Crippen LogP contribution in [0.3, 0.4) is 0 Å². The molecule has 1 aromatic carbocycles. The van der Waals surface area contributed by atoms with Crippen LogP contribution in [0.4, 0.5) is 0 Å². The first-order chi connectivity index (χ1) is 9.49. The molecule has 2 aromatic rings. The molecule has 0 aliphatic carbocycles. The van der Waals surface area contributed by atoms with Gasteiger partial charge in [0, 0.05) is 21.2 Å². The van der Waals surface area contributed by atoms with Crippen LogP contribution in [0.2, 0.25) is 0 Å². The Kier molecular flexibility index (Phi) is 5.72. The normalized spacial score (nSPS) is 12.9. The molecule has 6 heteroatoms. The number of nitrogens with zero attached hydrogens (tertiary/aromatic N) is 2. The molecular formula is C14H17Br2N3S. The van der Waals surface area contributed by atoms with Gasteiger partial charge in [0.2, 0.25) is 0 Å². The highest BCUT2D eigenvalue weighted by molar-refractivity contribution is 9.10. The summed E-state index contributed by atoms with van der Waals surface area (Å²) in [6, 6.07) is 8.53. The monoisotopic (exact) mass is 417 g/mol. The molecule has 2 N–H and O–H groups in total. The Hall–Kier alpha value is -0.300. The number of benzene rings is 1. The summed E-state index contributed by atoms with van der Waals surface area (Å²) in [5.74, 6) is 0.818. The van der Waals surface area contributed by atoms with E-state index in [9.17, 15) is 0 Å². The minimum absolute atomic E-state index is 0.0529. The van der Waals surface area contributed by atoms with Gasteiger partial charge in [0.15, 0.2) is 0 Å². The van der Waals surface area contributed by atoms with Crippen LogP contribution in [0, 0.1) is 0 Å². The lowest BCUT2D eigenvalue weighted by Crippen LogP contribution is -2.20. The van der Waals surface area contributed by atoms with E-state index in [-0.39, 0.29) is 6.04 Å². The number of hydrogen-bond acceptors (Lipinski definition) is 3. The standard InChI is InChI=1S/C14H17Br2N3S/c1-9(2)19-14(12(16)7-18-19)13(17)8-20-11-5-3-10(15)4-6-11/h3-7,9,13H,8,17H2,1-2H3. The number of hydrogen-bond donors (Lipinski definition) is 1. The summed E-state index contributed by atoms with van der Waals surface area (Å²) >= 11 is 8.74. The van der Waals surface area contributed by atoms with Gasteiger partial charge in [0.1, 0.15) is 0 Å². The van der Waals surface area contributed by atoms with Gasteiger partial charge in [-0.25, -0.2) is 0 Å². The van der Waals surface area contributed by atoms with E-state index in [1.54, 1.807) is 11.8 Å². The molecule has 0 saturated heterocycles. The highest BCUT2D eigenvalue weighted by atomic mass is 79.9. The number of rotatable bonds is 5. The second kappa shape index (κ2) is 7.11. The minimum Gasteiger partial charge on any atom is -0.322 e. The summed E-state index contributed by atoms with van der Waals surface area (Å²) in [4.78, 5) is 1.22. The van der Waals surface area contributed by atoms with Gasteiger partial charge in [-0.05, 0) is 54.0 Å². The molecule has 0 aliphatic rings. The summed E-state index contributed by atoms with van der Waals surface area (Å²) in [6.07, 6.45) is 1.82. The smallest absolute Gasteiger partial charge is 0.0705 e. The van der Waals surface area contributed by atoms with Crippen LogP contribution in [0.25, 0.3) is 0 Å². The maximum absolute atomic E-state index is 6.34. The van der Waals surface area contributed by atoms with Gasteiger partial charge in [-0.15, -0.1) is 11.8 Å². The van der Waals surface area contributed by atoms with E-state index in [0.717, 1.165) is 20.4 Å². The Morgan fingerprint density at radius 1 is 1.25 bits per heavy atom. The average Bonchev–Trinajstić information content (AvgIpc) is 2.80. The predicted octanol–water partition coefficient (Wildman–Crippen LogP) is 4.78. The molecule has 2 rings (SSSR count). The SMILES string of the molecule is CC(C)n1ncc(Br)c1C(N)CSc1ccc(Br)cc1. The van der Waals surface area contributed by atoms with E-state index in [1.807, 2.05) is 23.0 Å². The van der Waals surface area contributed by atoms with Crippen molar-refractivity contribution in [2.75, 3.05) is 5.75 Å². The fourth-order valence-corrected chi connectivity index (χ4v) is 3.59. The van der Waals surface area contributed by atoms with E-state index in [4.69, 9.17) is 5.73 Å². The molecule has 0 amide bonds. The number of halogens is 2. The molecule has 0 saturated carbocycles. The minimum atomic E-state index is -0.0529. The van der Waals surface area contributed by atoms with Gasteiger partial charge in [-0.1, -0.05) is 15.9 Å². The van der Waals surface area contributed by atoms with Crippen molar-refractivity contribution in [2.24, 2.45) is 5.73 Å². The Morgan fingerprint density at radius 3 is 2.50 bits per heavy atom. The van der Waals surface area contributed by atoms with Gasteiger partial charge >= 0.3 is 0 Å². The Balaban J connectivity index is 2.07. The highest BCUT2D eigenvalue weighted by Crippen LogP contribution is 2.29. The van der Waals surface area contributed by atoms with E-state index in [2.05, 4.69) is 62.9 Å². The van der Waals surface area contributed by atoms with Crippen LogP contribution in [-0.4, -0.2) is 15.5 Å². The summed E-state index contributed by atoms with van der Waals surface area (Å²) in [6.45, 7) is 4.22. The first-order valence-corrected chi connectivity index (χ1v) is 8.93. The Morgan fingerprint density at radius 2 is 1.90 bits per heavy atom. The summed E-state index contributed by atoms with van der Waals surface area (Å²) in [7, 11) is 0. The second-order valence-electron chi connectivity index (χ2n) is 4.79. The lowest BCUT2D eigenvalue weighted by Gasteiger charge is -2.17. The van der Waals surface area contributed by atoms with Crippen LogP contribution in [0.5, 0.6) is 0 Å². The molecule has 0 spiro atoms. The highest BCUT2D eigenvalue weighted by Gasteiger charge is 2.18. The molecule has 3 nitrogen and oxygen atoms in total. The van der Waals surface area contributed by atoms with E-state index in [1.165, 1.54) is 4.90 Å². The maximum Gasteiger partial charge on any atom is 0.0705 e. The zero-order valence-electron chi connectivity index (χ0n) is 11.4. The van der Waals surface area contributed by atoms with Crippen LogP contribution in [-0.2, 0) is 0 Å². The third kappa shape index (κ3) is 3.87. The zero-order valence-corrected chi connectivity index (χ0v) is 15.4. The van der Waals surface area contributed by atoms with Crippen molar-refractivity contribution in [3.8, 4) is 0 Å². The maximum atomic E-state index is 6.34. The van der Waals surface area contributed by atoms with Gasteiger partial charge in [0.05, 0.1) is 22.4 Å². The molecule has 0 radical (unpaired) electrons. The lowest BCUT2D eigenvalue weighted by molar-refractivity contribution is 0.494. The van der Waals surface area contributed by atoms with Gasteiger partial charge in [0.25, 0.3) is 0 Å². The number of nitrogens with two attached hydrogens (primary N) is 1. The molecule has 0 aliphatic heterocycles. The summed E-state index contributed by atoms with van der Waals surface area (Å²) in [5, 5.41) is 4.38. The van der Waals surface area contributed by atoms with Crippen molar-refractivity contribution in [2.45, 2.75) is 30.8 Å². The molecule has 1 atom stereocenters. The van der Waals surface area contributed by atoms with Crippen molar-refractivity contribution < 1.29 is 0 Å². The molecule has 0 bridgehead atoms. The second-order valence-corrected chi connectivity index (χ2v) is 7.65. The largest absolute Gasteiger partial charge is 0.322 e. The number of aromatic nitrogens is 2. The van der Waals surface area contributed by atoms with Crippen LogP contribution in [0.1, 0.15) is 31.6 Å². The van der Waals surface area contributed by atoms with Crippen molar-refractivity contribution in [1.82, 2.24) is 9.78 Å². The predicted molar refractivity (Wildman–Crippen MR) is 92.1 cm³/mol. The molecule has 108 valence electrons. The van der Waals surface area contributed by atoms with Gasteiger partial charge in [-0.2, -0.15) is 5.10 Å². The number of thioether (sulfide) groups is 1. The van der Waals surface area contributed by atoms with E-state index in [0.29, 0.717) is 6.04 Å². The average molecular weight is 419 g/mol. The lowest BCUT2D eigenvalue weighted by atomic mass is 10.2. The summed E-state index contributed by atoms with van der Waals surface area (Å²) < 4.78 is 4.05. The molecule has 1 heterocycles. The molecule has 0 fully saturated rings. The fraction of sp³-hybridized carbons (Fsp3) is 0.357. The molecule has 20 heavy (non-hydrogen) atoms. The van der Waals surface area contributed by atoms with Crippen LogP contribution < -0.4 is 5.73 Å². The molecular weight excluding hydrogens is 402 g/mol. The van der Waals surface area contributed by atoms with Crippen molar-refractivity contribution in [1.29, 1.82) is 0 Å². The third-order valence-corrected chi connectivity index (χ3v) is 5.14. The quantitative estimate of drug-likeness (QED) is 0.710. The fourth-order valence-electron chi connectivity index (χ4n) is 1.90. The Labute approximate surface area is 140 Å². The molecule has 1 unspecified atom stereocenters. The van der Waals surface area contributed by atoms with E-state index >= 15 is 0 Å². The van der Waals surface area contributed by atoms with Gasteiger partial charge in [-0.3, -0.25) is 4.68 Å². The van der Waals surface area contributed by atoms with Crippen LogP contribution in [0.15, 0.2) is 44.3 Å². The van der Waals surface area contributed by atoms with Crippen molar-refractivity contribution in [3.05, 3.63) is 45.1 Å².